The van der Waals surface area contributed by atoms with Crippen LogP contribution >= 0.6 is 0 Å². The summed E-state index contributed by atoms with van der Waals surface area (Å²) in [5, 5.41) is 0. The van der Waals surface area contributed by atoms with Gasteiger partial charge in [-0.3, -0.25) is 14.6 Å². The lowest BCUT2D eigenvalue weighted by atomic mass is 10.1. The van der Waals surface area contributed by atoms with Gasteiger partial charge in [-0.05, 0) is 18.2 Å². The summed E-state index contributed by atoms with van der Waals surface area (Å²) in [6.45, 7) is 2.47. The van der Waals surface area contributed by atoms with E-state index in [-0.39, 0.29) is 30.5 Å². The van der Waals surface area contributed by atoms with E-state index in [9.17, 15) is 22.8 Å². The fourth-order valence-electron chi connectivity index (χ4n) is 3.57. The van der Waals surface area contributed by atoms with Crippen LogP contribution in [0.5, 0.6) is 0 Å². The standard InChI is InChI=1S/C22H26F3N5O3/c1-33-14-13-30(21(32)19-16-26-6-7-27-19)8-5-20(31)29-11-9-28(10-12-29)18-4-2-3-17(15-18)22(23,24)25/h2-4,6-7,15-16H,5,8-14H2,1H3. The van der Waals surface area contributed by atoms with Gasteiger partial charge in [0.05, 0.1) is 18.4 Å². The number of hydrogen-bond acceptors (Lipinski definition) is 6. The summed E-state index contributed by atoms with van der Waals surface area (Å²) < 4.78 is 44.0. The van der Waals surface area contributed by atoms with Crippen molar-refractivity contribution in [3.8, 4) is 0 Å². The fraction of sp³-hybridized carbons (Fsp3) is 0.455. The first kappa shape index (κ1) is 24.4. The molecular formula is C22H26F3N5O3. The van der Waals surface area contributed by atoms with Crippen molar-refractivity contribution in [2.24, 2.45) is 0 Å². The molecule has 0 saturated carbocycles. The molecule has 0 N–H and O–H groups in total. The summed E-state index contributed by atoms with van der Waals surface area (Å²) in [7, 11) is 1.53. The van der Waals surface area contributed by atoms with E-state index < -0.39 is 11.7 Å². The van der Waals surface area contributed by atoms with Crippen LogP contribution in [0.2, 0.25) is 0 Å². The van der Waals surface area contributed by atoms with Crippen LogP contribution < -0.4 is 4.90 Å². The smallest absolute Gasteiger partial charge is 0.383 e. The Morgan fingerprint density at radius 1 is 1.12 bits per heavy atom. The molecule has 0 unspecified atom stereocenters. The molecule has 0 radical (unpaired) electrons. The van der Waals surface area contributed by atoms with E-state index in [4.69, 9.17) is 4.74 Å². The van der Waals surface area contributed by atoms with Gasteiger partial charge in [-0.15, -0.1) is 0 Å². The van der Waals surface area contributed by atoms with Crippen molar-refractivity contribution in [2.75, 3.05) is 57.9 Å². The molecule has 178 valence electrons. The molecule has 0 atom stereocenters. The quantitative estimate of drug-likeness (QED) is 0.596. The molecule has 1 aromatic heterocycles. The topological polar surface area (TPSA) is 78.9 Å². The van der Waals surface area contributed by atoms with Crippen LogP contribution in [-0.4, -0.2) is 84.6 Å². The molecule has 33 heavy (non-hydrogen) atoms. The first-order valence-electron chi connectivity index (χ1n) is 10.5. The number of halogens is 3. The molecule has 2 aromatic rings. The van der Waals surface area contributed by atoms with Gasteiger partial charge in [-0.2, -0.15) is 13.2 Å². The van der Waals surface area contributed by atoms with Gasteiger partial charge in [0.25, 0.3) is 5.91 Å². The number of piperazine rings is 1. The summed E-state index contributed by atoms with van der Waals surface area (Å²) in [6.07, 6.45) is -0.00290. The van der Waals surface area contributed by atoms with Gasteiger partial charge in [0, 0.05) is 70.9 Å². The van der Waals surface area contributed by atoms with Gasteiger partial charge >= 0.3 is 6.18 Å². The van der Waals surface area contributed by atoms with E-state index in [2.05, 4.69) is 9.97 Å². The van der Waals surface area contributed by atoms with Gasteiger partial charge in [0.1, 0.15) is 5.69 Å². The number of ether oxygens (including phenoxy) is 1. The number of alkyl halides is 3. The maximum Gasteiger partial charge on any atom is 0.416 e. The third-order valence-corrected chi connectivity index (χ3v) is 5.40. The number of rotatable bonds is 8. The number of carbonyl (C=O) groups excluding carboxylic acids is 2. The lowest BCUT2D eigenvalue weighted by molar-refractivity contribution is -0.137. The Labute approximate surface area is 190 Å². The zero-order chi connectivity index (χ0) is 23.8. The van der Waals surface area contributed by atoms with Gasteiger partial charge in [-0.25, -0.2) is 4.98 Å². The average molecular weight is 465 g/mol. The SMILES string of the molecule is COCCN(CCC(=O)N1CCN(c2cccc(C(F)(F)F)c2)CC1)C(=O)c1cnccn1. The van der Waals surface area contributed by atoms with Crippen molar-refractivity contribution < 1.29 is 27.5 Å². The second-order valence-corrected chi connectivity index (χ2v) is 7.54. The number of amides is 2. The Bertz CT molecular complexity index is 934. The third-order valence-electron chi connectivity index (χ3n) is 5.40. The Kier molecular flexibility index (Phi) is 8.21. The highest BCUT2D eigenvalue weighted by molar-refractivity contribution is 5.92. The van der Waals surface area contributed by atoms with Crippen LogP contribution in [0.15, 0.2) is 42.9 Å². The van der Waals surface area contributed by atoms with Gasteiger partial charge < -0.3 is 19.4 Å². The van der Waals surface area contributed by atoms with Gasteiger partial charge in [-0.1, -0.05) is 6.07 Å². The number of nitrogens with zero attached hydrogens (tertiary/aromatic N) is 5. The number of methoxy groups -OCH3 is 1. The fourth-order valence-corrected chi connectivity index (χ4v) is 3.57. The third kappa shape index (κ3) is 6.64. The molecule has 11 heteroatoms. The van der Waals surface area contributed by atoms with Crippen LogP contribution in [0.25, 0.3) is 0 Å². The molecule has 1 aliphatic rings. The van der Waals surface area contributed by atoms with Crippen molar-refractivity contribution in [3.63, 3.8) is 0 Å². The van der Waals surface area contributed by atoms with E-state index in [1.165, 1.54) is 36.7 Å². The van der Waals surface area contributed by atoms with Crippen molar-refractivity contribution in [3.05, 3.63) is 54.1 Å². The zero-order valence-corrected chi connectivity index (χ0v) is 18.3. The lowest BCUT2D eigenvalue weighted by Gasteiger charge is -2.36. The summed E-state index contributed by atoms with van der Waals surface area (Å²) in [5.74, 6) is -0.449. The number of carbonyl (C=O) groups is 2. The second-order valence-electron chi connectivity index (χ2n) is 7.54. The Morgan fingerprint density at radius 2 is 1.88 bits per heavy atom. The van der Waals surface area contributed by atoms with Crippen molar-refractivity contribution in [2.45, 2.75) is 12.6 Å². The summed E-state index contributed by atoms with van der Waals surface area (Å²) >= 11 is 0. The largest absolute Gasteiger partial charge is 0.416 e. The molecule has 0 bridgehead atoms. The van der Waals surface area contributed by atoms with Crippen LogP contribution in [0.1, 0.15) is 22.5 Å². The molecule has 1 aliphatic heterocycles. The molecule has 0 aliphatic carbocycles. The number of anilines is 1. The minimum atomic E-state index is -4.40. The highest BCUT2D eigenvalue weighted by Crippen LogP contribution is 2.31. The lowest BCUT2D eigenvalue weighted by Crippen LogP contribution is -2.49. The Hall–Kier alpha value is -3.21. The van der Waals surface area contributed by atoms with Gasteiger partial charge in [0.2, 0.25) is 5.91 Å². The first-order valence-corrected chi connectivity index (χ1v) is 10.5. The van der Waals surface area contributed by atoms with E-state index in [0.717, 1.165) is 12.1 Å². The number of aromatic nitrogens is 2. The van der Waals surface area contributed by atoms with E-state index in [1.54, 1.807) is 11.0 Å². The maximum atomic E-state index is 13.0. The molecular weight excluding hydrogens is 439 g/mol. The normalized spacial score (nSPS) is 14.3. The number of hydrogen-bond donors (Lipinski definition) is 0. The Morgan fingerprint density at radius 3 is 2.52 bits per heavy atom. The molecule has 3 rings (SSSR count). The van der Waals surface area contributed by atoms with E-state index in [0.29, 0.717) is 45.0 Å². The van der Waals surface area contributed by atoms with E-state index >= 15 is 0 Å². The molecule has 1 saturated heterocycles. The molecule has 2 amide bonds. The minimum Gasteiger partial charge on any atom is -0.383 e. The summed E-state index contributed by atoms with van der Waals surface area (Å²) in [6, 6.07) is 5.20. The molecule has 2 heterocycles. The van der Waals surface area contributed by atoms with E-state index in [1.807, 2.05) is 4.90 Å². The highest BCUT2D eigenvalue weighted by atomic mass is 19.4. The maximum absolute atomic E-state index is 13.0. The van der Waals surface area contributed by atoms with Crippen LogP contribution in [0, 0.1) is 0 Å². The minimum absolute atomic E-state index is 0.118. The van der Waals surface area contributed by atoms with Gasteiger partial charge in [0.15, 0.2) is 0 Å². The summed E-state index contributed by atoms with van der Waals surface area (Å²) in [5.41, 5.74) is -0.0181. The highest BCUT2D eigenvalue weighted by Gasteiger charge is 2.31. The van der Waals surface area contributed by atoms with Crippen LogP contribution in [-0.2, 0) is 15.7 Å². The Balaban J connectivity index is 1.54. The van der Waals surface area contributed by atoms with Crippen LogP contribution in [0.3, 0.4) is 0 Å². The first-order chi connectivity index (χ1) is 15.8. The second kappa shape index (κ2) is 11.1. The van der Waals surface area contributed by atoms with Crippen LogP contribution in [0.4, 0.5) is 18.9 Å². The summed E-state index contributed by atoms with van der Waals surface area (Å²) in [4.78, 5) is 38.4. The number of benzene rings is 1. The molecule has 8 nitrogen and oxygen atoms in total. The van der Waals surface area contributed by atoms with Crippen molar-refractivity contribution in [1.82, 2.24) is 19.8 Å². The van der Waals surface area contributed by atoms with Crippen molar-refractivity contribution >= 4 is 17.5 Å². The molecule has 0 spiro atoms. The molecule has 1 aromatic carbocycles. The monoisotopic (exact) mass is 465 g/mol. The predicted molar refractivity (Wildman–Crippen MR) is 115 cm³/mol. The molecule has 1 fully saturated rings. The zero-order valence-electron chi connectivity index (χ0n) is 18.3. The predicted octanol–water partition coefficient (Wildman–Crippen LogP) is 2.32. The van der Waals surface area contributed by atoms with Crippen molar-refractivity contribution in [1.29, 1.82) is 0 Å². The average Bonchev–Trinajstić information content (AvgIpc) is 2.84.